The molecule has 12 heteroatoms. The van der Waals surface area contributed by atoms with E-state index in [2.05, 4.69) is 9.93 Å². The zero-order valence-electron chi connectivity index (χ0n) is 19.7. The first-order chi connectivity index (χ1) is 17.8. The molecular formula is C25H25F3N4O3S2. The second-order valence-electron chi connectivity index (χ2n) is 8.84. The third-order valence-corrected chi connectivity index (χ3v) is 8.33. The van der Waals surface area contributed by atoms with Crippen LogP contribution in [0.4, 0.5) is 13.2 Å². The van der Waals surface area contributed by atoms with Crippen molar-refractivity contribution in [3.05, 3.63) is 87.8 Å². The van der Waals surface area contributed by atoms with Crippen molar-refractivity contribution in [2.24, 2.45) is 0 Å². The van der Waals surface area contributed by atoms with Crippen LogP contribution in [-0.4, -0.2) is 55.3 Å². The van der Waals surface area contributed by atoms with Crippen LogP contribution in [0.2, 0.25) is 0 Å². The Hall–Kier alpha value is -2.64. The standard InChI is InChI=1S/C25H25F3N4O3S2/c26-19-3-1-2-17(13-19)12-18-15-36-16-21-23(6-11-37(33,34)30-31-7-9-35-10-8-31)29-32(25(18)21)24-5-4-20(27)14-22(24)28/h1-6,11,13-14,18,30H,7-10,12,15-16H2. The first-order valence-corrected chi connectivity index (χ1v) is 14.4. The molecule has 7 nitrogen and oxygen atoms in total. The molecule has 37 heavy (non-hydrogen) atoms. The zero-order chi connectivity index (χ0) is 26.0. The van der Waals surface area contributed by atoms with Crippen molar-refractivity contribution in [3.63, 3.8) is 0 Å². The Balaban J connectivity index is 1.53. The minimum atomic E-state index is -3.82. The lowest BCUT2D eigenvalue weighted by Gasteiger charge is -2.26. The maximum Gasteiger partial charge on any atom is 0.246 e. The summed E-state index contributed by atoms with van der Waals surface area (Å²) < 4.78 is 74.4. The average molecular weight is 551 g/mol. The first kappa shape index (κ1) is 26.0. The Labute approximate surface area is 217 Å². The van der Waals surface area contributed by atoms with Gasteiger partial charge in [-0.2, -0.15) is 16.9 Å². The number of nitrogens with one attached hydrogen (secondary N) is 1. The molecule has 0 amide bonds. The highest BCUT2D eigenvalue weighted by atomic mass is 32.2. The zero-order valence-corrected chi connectivity index (χ0v) is 21.4. The number of hydrogen-bond donors (Lipinski definition) is 1. The van der Waals surface area contributed by atoms with E-state index >= 15 is 0 Å². The molecule has 0 saturated carbocycles. The fourth-order valence-electron chi connectivity index (χ4n) is 4.52. The van der Waals surface area contributed by atoms with Crippen LogP contribution in [0.1, 0.15) is 28.4 Å². The number of hydrazine groups is 1. The molecular weight excluding hydrogens is 525 g/mol. The van der Waals surface area contributed by atoms with Gasteiger partial charge in [0, 0.05) is 47.6 Å². The van der Waals surface area contributed by atoms with Crippen molar-refractivity contribution in [2.45, 2.75) is 18.1 Å². The Morgan fingerprint density at radius 3 is 2.65 bits per heavy atom. The monoisotopic (exact) mass is 550 g/mol. The third kappa shape index (κ3) is 6.10. The number of hydrogen-bond acceptors (Lipinski definition) is 6. The van der Waals surface area contributed by atoms with Gasteiger partial charge in [-0.05, 0) is 42.3 Å². The van der Waals surface area contributed by atoms with E-state index in [1.807, 2.05) is 6.07 Å². The smallest absolute Gasteiger partial charge is 0.246 e. The van der Waals surface area contributed by atoms with Crippen LogP contribution in [0.3, 0.4) is 0 Å². The van der Waals surface area contributed by atoms with Crippen molar-refractivity contribution in [1.29, 1.82) is 0 Å². The van der Waals surface area contributed by atoms with Crippen molar-refractivity contribution in [1.82, 2.24) is 19.6 Å². The molecule has 5 rings (SSSR count). The van der Waals surface area contributed by atoms with E-state index in [0.29, 0.717) is 55.6 Å². The summed E-state index contributed by atoms with van der Waals surface area (Å²) in [5, 5.41) is 7.17. The van der Waals surface area contributed by atoms with Gasteiger partial charge in [0.1, 0.15) is 17.3 Å². The molecule has 1 N–H and O–H groups in total. The molecule has 0 aliphatic carbocycles. The molecule has 0 radical (unpaired) electrons. The quantitative estimate of drug-likeness (QED) is 0.480. The SMILES string of the molecule is O=S(=O)(C=Cc1nn(-c2ccc(F)cc2F)c2c1CSCC2Cc1cccc(F)c1)NN1CCOCC1. The summed E-state index contributed by atoms with van der Waals surface area (Å²) in [6.45, 7) is 1.72. The first-order valence-electron chi connectivity index (χ1n) is 11.7. The van der Waals surface area contributed by atoms with E-state index < -0.39 is 21.7 Å². The summed E-state index contributed by atoms with van der Waals surface area (Å²) in [5.74, 6) is -0.787. The van der Waals surface area contributed by atoms with E-state index in [-0.39, 0.29) is 17.4 Å². The van der Waals surface area contributed by atoms with Crippen LogP contribution in [-0.2, 0) is 26.9 Å². The lowest BCUT2D eigenvalue weighted by molar-refractivity contribution is 0.0274. The molecule has 1 aromatic heterocycles. The molecule has 1 fully saturated rings. The van der Waals surface area contributed by atoms with E-state index in [1.54, 1.807) is 22.8 Å². The van der Waals surface area contributed by atoms with Crippen LogP contribution in [0, 0.1) is 17.5 Å². The van der Waals surface area contributed by atoms with Gasteiger partial charge in [0.15, 0.2) is 5.82 Å². The number of sulfonamides is 1. The normalized spacial score (nSPS) is 18.8. The van der Waals surface area contributed by atoms with Crippen LogP contribution in [0.15, 0.2) is 47.9 Å². The van der Waals surface area contributed by atoms with Gasteiger partial charge in [-0.3, -0.25) is 0 Å². The molecule has 196 valence electrons. The lowest BCUT2D eigenvalue weighted by atomic mass is 9.94. The maximum absolute atomic E-state index is 14.9. The van der Waals surface area contributed by atoms with Gasteiger partial charge < -0.3 is 4.74 Å². The van der Waals surface area contributed by atoms with Crippen molar-refractivity contribution in [3.8, 4) is 5.69 Å². The average Bonchev–Trinajstić information content (AvgIpc) is 3.23. The molecule has 0 bridgehead atoms. The molecule has 2 aliphatic rings. The summed E-state index contributed by atoms with van der Waals surface area (Å²) in [6, 6.07) is 9.54. The molecule has 1 atom stereocenters. The van der Waals surface area contributed by atoms with Crippen LogP contribution < -0.4 is 4.83 Å². The predicted octanol–water partition coefficient (Wildman–Crippen LogP) is 4.00. The summed E-state index contributed by atoms with van der Waals surface area (Å²) in [6.07, 6.45) is 1.87. The van der Waals surface area contributed by atoms with Gasteiger partial charge in [-0.25, -0.2) is 31.3 Å². The Bertz CT molecular complexity index is 1420. The second kappa shape index (κ2) is 11.0. The maximum atomic E-state index is 14.9. The molecule has 1 saturated heterocycles. The van der Waals surface area contributed by atoms with Crippen molar-refractivity contribution < 1.29 is 26.3 Å². The van der Waals surface area contributed by atoms with E-state index in [9.17, 15) is 21.6 Å². The number of nitrogens with zero attached hydrogens (tertiary/aromatic N) is 3. The summed E-state index contributed by atoms with van der Waals surface area (Å²) in [7, 11) is -3.82. The fourth-order valence-corrected chi connectivity index (χ4v) is 6.61. The predicted molar refractivity (Wildman–Crippen MR) is 136 cm³/mol. The second-order valence-corrected chi connectivity index (χ2v) is 11.4. The van der Waals surface area contributed by atoms with E-state index in [4.69, 9.17) is 4.74 Å². The van der Waals surface area contributed by atoms with Gasteiger partial charge in [0.2, 0.25) is 10.0 Å². The third-order valence-electron chi connectivity index (χ3n) is 6.19. The molecule has 1 unspecified atom stereocenters. The van der Waals surface area contributed by atoms with Crippen LogP contribution in [0.5, 0.6) is 0 Å². The summed E-state index contributed by atoms with van der Waals surface area (Å²) in [5.41, 5.74) is 2.68. The Kier molecular flexibility index (Phi) is 7.72. The van der Waals surface area contributed by atoms with Crippen LogP contribution in [0.25, 0.3) is 11.8 Å². The molecule has 3 aromatic rings. The lowest BCUT2D eigenvalue weighted by Crippen LogP contribution is -2.47. The van der Waals surface area contributed by atoms with Gasteiger partial charge in [-0.1, -0.05) is 12.1 Å². The highest BCUT2D eigenvalue weighted by Gasteiger charge is 2.30. The largest absolute Gasteiger partial charge is 0.379 e. The number of benzene rings is 2. The highest BCUT2D eigenvalue weighted by molar-refractivity contribution is 7.98. The fraction of sp³-hybridized carbons (Fsp3) is 0.320. The molecule has 3 heterocycles. The number of thioether (sulfide) groups is 1. The Morgan fingerprint density at radius 1 is 1.11 bits per heavy atom. The van der Waals surface area contributed by atoms with Gasteiger partial charge >= 0.3 is 0 Å². The number of morpholine rings is 1. The van der Waals surface area contributed by atoms with Gasteiger partial charge in [-0.15, -0.1) is 4.83 Å². The van der Waals surface area contributed by atoms with E-state index in [1.165, 1.54) is 29.0 Å². The summed E-state index contributed by atoms with van der Waals surface area (Å²) in [4.78, 5) is 2.51. The number of aromatic nitrogens is 2. The van der Waals surface area contributed by atoms with Gasteiger partial charge in [0.25, 0.3) is 0 Å². The number of fused-ring (bicyclic) bond motifs is 1. The molecule has 2 aliphatic heterocycles. The molecule has 0 spiro atoms. The number of rotatable bonds is 7. The number of halogens is 3. The number of ether oxygens (including phenoxy) is 1. The Morgan fingerprint density at radius 2 is 1.89 bits per heavy atom. The minimum absolute atomic E-state index is 0.0581. The minimum Gasteiger partial charge on any atom is -0.379 e. The van der Waals surface area contributed by atoms with E-state index in [0.717, 1.165) is 28.7 Å². The highest BCUT2D eigenvalue weighted by Crippen LogP contribution is 2.39. The molecule has 2 aromatic carbocycles. The van der Waals surface area contributed by atoms with Crippen molar-refractivity contribution >= 4 is 27.9 Å². The van der Waals surface area contributed by atoms with Crippen molar-refractivity contribution in [2.75, 3.05) is 32.1 Å². The topological polar surface area (TPSA) is 76.5 Å². The van der Waals surface area contributed by atoms with Gasteiger partial charge in [0.05, 0.1) is 24.6 Å². The van der Waals surface area contributed by atoms with Crippen LogP contribution >= 0.6 is 11.8 Å². The summed E-state index contributed by atoms with van der Waals surface area (Å²) >= 11 is 1.64.